The van der Waals surface area contributed by atoms with Gasteiger partial charge in [0.1, 0.15) is 0 Å². The molecule has 0 aromatic rings. The summed E-state index contributed by atoms with van der Waals surface area (Å²) in [4.78, 5) is 2.32. The quantitative estimate of drug-likeness (QED) is 0.533. The van der Waals surface area contributed by atoms with E-state index in [9.17, 15) is 0 Å². The van der Waals surface area contributed by atoms with Crippen molar-refractivity contribution in [1.82, 2.24) is 4.90 Å². The second kappa shape index (κ2) is 3.02. The van der Waals surface area contributed by atoms with E-state index in [0.717, 1.165) is 6.54 Å². The molecule has 0 unspecified atom stereocenters. The van der Waals surface area contributed by atoms with Crippen LogP contribution in [0.3, 0.4) is 0 Å². The fourth-order valence-corrected chi connectivity index (χ4v) is 1.20. The van der Waals surface area contributed by atoms with Crippen molar-refractivity contribution in [2.45, 2.75) is 13.3 Å². The summed E-state index contributed by atoms with van der Waals surface area (Å²) >= 11 is 0. The smallest absolute Gasteiger partial charge is 0.0230 e. The zero-order valence-corrected chi connectivity index (χ0v) is 6.85. The van der Waals surface area contributed by atoms with Gasteiger partial charge in [0.25, 0.3) is 0 Å². The molecule has 0 radical (unpaired) electrons. The third kappa shape index (κ3) is 1.71. The van der Waals surface area contributed by atoms with Crippen molar-refractivity contribution in [3.05, 3.63) is 23.8 Å². The van der Waals surface area contributed by atoms with Crippen LogP contribution in [0.15, 0.2) is 23.8 Å². The van der Waals surface area contributed by atoms with Crippen molar-refractivity contribution < 1.29 is 0 Å². The van der Waals surface area contributed by atoms with Crippen molar-refractivity contribution in [3.63, 3.8) is 0 Å². The molecule has 0 N–H and O–H groups in total. The first-order chi connectivity index (χ1) is 4.70. The summed E-state index contributed by atoms with van der Waals surface area (Å²) in [5, 5.41) is 0. The Morgan fingerprint density at radius 1 is 1.70 bits per heavy atom. The molecule has 0 aromatic carbocycles. The second-order valence-corrected chi connectivity index (χ2v) is 3.04. The first-order valence-electron chi connectivity index (χ1n) is 3.73. The summed E-state index contributed by atoms with van der Waals surface area (Å²) in [5.74, 6) is 0. The highest BCUT2D eigenvalue weighted by Crippen LogP contribution is 2.13. The second-order valence-electron chi connectivity index (χ2n) is 3.04. The first-order valence-corrected chi connectivity index (χ1v) is 3.73. The first kappa shape index (κ1) is 7.55. The number of nitrogens with zero attached hydrogens (tertiary/aromatic N) is 1. The number of rotatable bonds is 1. The van der Waals surface area contributed by atoms with Gasteiger partial charge in [-0.1, -0.05) is 18.2 Å². The fraction of sp³-hybridized carbons (Fsp3) is 0.556. The predicted molar refractivity (Wildman–Crippen MR) is 45.0 cm³/mol. The van der Waals surface area contributed by atoms with Crippen molar-refractivity contribution in [2.75, 3.05) is 20.1 Å². The van der Waals surface area contributed by atoms with Gasteiger partial charge in [-0.15, -0.1) is 0 Å². The SMILES string of the molecule is C=C(C)C1=CCCN(C)C1. The lowest BCUT2D eigenvalue weighted by Crippen LogP contribution is -2.25. The van der Waals surface area contributed by atoms with E-state index in [2.05, 4.69) is 31.5 Å². The van der Waals surface area contributed by atoms with Gasteiger partial charge < -0.3 is 4.90 Å². The fourth-order valence-electron chi connectivity index (χ4n) is 1.20. The third-order valence-electron chi connectivity index (χ3n) is 1.89. The molecule has 0 aromatic heterocycles. The minimum absolute atomic E-state index is 1.08. The van der Waals surface area contributed by atoms with Crippen molar-refractivity contribution in [1.29, 1.82) is 0 Å². The molecule has 1 aliphatic heterocycles. The molecule has 1 aliphatic rings. The van der Waals surface area contributed by atoms with Gasteiger partial charge in [-0.25, -0.2) is 0 Å². The van der Waals surface area contributed by atoms with E-state index in [0.29, 0.717) is 0 Å². The van der Waals surface area contributed by atoms with E-state index in [-0.39, 0.29) is 0 Å². The normalized spacial score (nSPS) is 20.4. The number of hydrogen-bond acceptors (Lipinski definition) is 1. The maximum absolute atomic E-state index is 3.92. The van der Waals surface area contributed by atoms with E-state index in [1.165, 1.54) is 24.1 Å². The van der Waals surface area contributed by atoms with Crippen molar-refractivity contribution in [2.24, 2.45) is 0 Å². The van der Waals surface area contributed by atoms with Crippen LogP contribution in [-0.2, 0) is 0 Å². The predicted octanol–water partition coefficient (Wildman–Crippen LogP) is 1.82. The summed E-state index contributed by atoms with van der Waals surface area (Å²) < 4.78 is 0. The molecule has 0 bridgehead atoms. The standard InChI is InChI=1S/C9H15N/c1-8(2)9-5-4-6-10(3)7-9/h5H,1,4,6-7H2,2-3H3. The van der Waals surface area contributed by atoms with E-state index in [1.807, 2.05) is 0 Å². The van der Waals surface area contributed by atoms with Gasteiger partial charge in [0.05, 0.1) is 0 Å². The van der Waals surface area contributed by atoms with Gasteiger partial charge >= 0.3 is 0 Å². The van der Waals surface area contributed by atoms with Crippen LogP contribution < -0.4 is 0 Å². The summed E-state index contributed by atoms with van der Waals surface area (Å²) in [6, 6.07) is 0. The Hall–Kier alpha value is -0.560. The lowest BCUT2D eigenvalue weighted by Gasteiger charge is -2.22. The number of likely N-dealkylation sites (N-methyl/N-ethyl adjacent to an activating group) is 1. The van der Waals surface area contributed by atoms with Crippen LogP contribution in [0.5, 0.6) is 0 Å². The van der Waals surface area contributed by atoms with Gasteiger partial charge in [0.15, 0.2) is 0 Å². The molecule has 1 rings (SSSR count). The van der Waals surface area contributed by atoms with E-state index in [4.69, 9.17) is 0 Å². The topological polar surface area (TPSA) is 3.24 Å². The average molecular weight is 137 g/mol. The Balaban J connectivity index is 2.60. The zero-order chi connectivity index (χ0) is 7.56. The van der Waals surface area contributed by atoms with Gasteiger partial charge in [-0.2, -0.15) is 0 Å². The largest absolute Gasteiger partial charge is 0.302 e. The van der Waals surface area contributed by atoms with Crippen LogP contribution in [0, 0.1) is 0 Å². The van der Waals surface area contributed by atoms with Gasteiger partial charge in [-0.3, -0.25) is 0 Å². The third-order valence-corrected chi connectivity index (χ3v) is 1.89. The minimum atomic E-state index is 1.08. The molecule has 0 saturated heterocycles. The van der Waals surface area contributed by atoms with Gasteiger partial charge in [-0.05, 0) is 26.0 Å². The van der Waals surface area contributed by atoms with Crippen LogP contribution in [0.25, 0.3) is 0 Å². The van der Waals surface area contributed by atoms with Crippen LogP contribution in [0.2, 0.25) is 0 Å². The van der Waals surface area contributed by atoms with Crippen molar-refractivity contribution >= 4 is 0 Å². The Labute approximate surface area is 63.0 Å². The Morgan fingerprint density at radius 3 is 2.80 bits per heavy atom. The molecule has 56 valence electrons. The van der Waals surface area contributed by atoms with Gasteiger partial charge in [0, 0.05) is 13.1 Å². The molecule has 0 aliphatic carbocycles. The van der Waals surface area contributed by atoms with E-state index >= 15 is 0 Å². The maximum atomic E-state index is 3.92. The van der Waals surface area contributed by atoms with E-state index < -0.39 is 0 Å². The highest BCUT2D eigenvalue weighted by atomic mass is 15.1. The monoisotopic (exact) mass is 137 g/mol. The van der Waals surface area contributed by atoms with Crippen LogP contribution in [-0.4, -0.2) is 25.0 Å². The minimum Gasteiger partial charge on any atom is -0.302 e. The van der Waals surface area contributed by atoms with Crippen molar-refractivity contribution in [3.8, 4) is 0 Å². The van der Waals surface area contributed by atoms with Crippen LogP contribution in [0.1, 0.15) is 13.3 Å². The lowest BCUT2D eigenvalue weighted by molar-refractivity contribution is 0.357. The summed E-state index contributed by atoms with van der Waals surface area (Å²) in [6.45, 7) is 8.26. The van der Waals surface area contributed by atoms with Crippen LogP contribution in [0.4, 0.5) is 0 Å². The van der Waals surface area contributed by atoms with E-state index in [1.54, 1.807) is 0 Å². The molecule has 0 atom stereocenters. The average Bonchev–Trinajstić information content (AvgIpc) is 1.88. The Morgan fingerprint density at radius 2 is 2.40 bits per heavy atom. The molecule has 0 saturated carbocycles. The molecule has 0 amide bonds. The number of hydrogen-bond donors (Lipinski definition) is 0. The maximum Gasteiger partial charge on any atom is 0.0230 e. The zero-order valence-electron chi connectivity index (χ0n) is 6.85. The molecule has 1 nitrogen and oxygen atoms in total. The molecular formula is C9H15N. The Bertz CT molecular complexity index is 168. The summed E-state index contributed by atoms with van der Waals surface area (Å²) in [6.07, 6.45) is 3.47. The molecule has 0 spiro atoms. The molecule has 1 heterocycles. The summed E-state index contributed by atoms with van der Waals surface area (Å²) in [7, 11) is 2.15. The lowest BCUT2D eigenvalue weighted by atomic mass is 10.0. The molecule has 0 fully saturated rings. The summed E-state index contributed by atoms with van der Waals surface area (Å²) in [5.41, 5.74) is 2.63. The Kier molecular flexibility index (Phi) is 2.28. The van der Waals surface area contributed by atoms with Crippen LogP contribution >= 0.6 is 0 Å². The molecule has 1 heteroatoms. The highest BCUT2D eigenvalue weighted by molar-refractivity contribution is 5.28. The highest BCUT2D eigenvalue weighted by Gasteiger charge is 2.07. The molecular weight excluding hydrogens is 122 g/mol. The van der Waals surface area contributed by atoms with Gasteiger partial charge in [0.2, 0.25) is 0 Å². The molecule has 10 heavy (non-hydrogen) atoms.